The van der Waals surface area contributed by atoms with Gasteiger partial charge in [0.2, 0.25) is 0 Å². The molecule has 1 aliphatic carbocycles. The fourth-order valence-corrected chi connectivity index (χ4v) is 2.45. The molecule has 0 aromatic rings. The molecule has 1 saturated carbocycles. The SMILES string of the molecule is CC(C)OCCNCC1CCCCC1CO. The molecule has 0 aliphatic heterocycles. The van der Waals surface area contributed by atoms with Crippen molar-refractivity contribution in [1.29, 1.82) is 0 Å². The molecule has 0 spiro atoms. The molecule has 0 amide bonds. The highest BCUT2D eigenvalue weighted by molar-refractivity contribution is 4.76. The highest BCUT2D eigenvalue weighted by Crippen LogP contribution is 2.28. The Hall–Kier alpha value is -0.120. The third-order valence-corrected chi connectivity index (χ3v) is 3.44. The van der Waals surface area contributed by atoms with Crippen molar-refractivity contribution in [3.05, 3.63) is 0 Å². The van der Waals surface area contributed by atoms with E-state index in [0.717, 1.165) is 19.7 Å². The van der Waals surface area contributed by atoms with Crippen molar-refractivity contribution >= 4 is 0 Å². The van der Waals surface area contributed by atoms with Gasteiger partial charge in [-0.1, -0.05) is 12.8 Å². The van der Waals surface area contributed by atoms with Gasteiger partial charge in [-0.25, -0.2) is 0 Å². The summed E-state index contributed by atoms with van der Waals surface area (Å²) in [6.07, 6.45) is 5.40. The van der Waals surface area contributed by atoms with E-state index >= 15 is 0 Å². The van der Waals surface area contributed by atoms with E-state index in [-0.39, 0.29) is 0 Å². The summed E-state index contributed by atoms with van der Waals surface area (Å²) in [5.74, 6) is 1.19. The van der Waals surface area contributed by atoms with Gasteiger partial charge in [-0.15, -0.1) is 0 Å². The van der Waals surface area contributed by atoms with Gasteiger partial charge in [-0.2, -0.15) is 0 Å². The summed E-state index contributed by atoms with van der Waals surface area (Å²) in [5.41, 5.74) is 0. The Labute approximate surface area is 99.6 Å². The number of ether oxygens (including phenoxy) is 1. The Morgan fingerprint density at radius 1 is 1.25 bits per heavy atom. The zero-order valence-corrected chi connectivity index (χ0v) is 10.7. The molecule has 1 fully saturated rings. The molecule has 0 heterocycles. The van der Waals surface area contributed by atoms with Crippen LogP contribution in [-0.2, 0) is 4.74 Å². The van der Waals surface area contributed by atoms with E-state index in [1.54, 1.807) is 0 Å². The molecule has 2 atom stereocenters. The Kier molecular flexibility index (Phi) is 7.01. The van der Waals surface area contributed by atoms with E-state index in [2.05, 4.69) is 19.2 Å². The normalized spacial score (nSPS) is 26.2. The molecule has 0 aromatic carbocycles. The summed E-state index contributed by atoms with van der Waals surface area (Å²) in [6.45, 7) is 7.22. The summed E-state index contributed by atoms with van der Waals surface area (Å²) >= 11 is 0. The van der Waals surface area contributed by atoms with Crippen molar-refractivity contribution in [2.75, 3.05) is 26.3 Å². The van der Waals surface area contributed by atoms with Gasteiger partial charge in [0.15, 0.2) is 0 Å². The van der Waals surface area contributed by atoms with E-state index in [4.69, 9.17) is 4.74 Å². The zero-order valence-electron chi connectivity index (χ0n) is 10.7. The van der Waals surface area contributed by atoms with Gasteiger partial charge in [0.05, 0.1) is 12.7 Å². The van der Waals surface area contributed by atoms with E-state index in [1.807, 2.05) is 0 Å². The molecule has 1 aliphatic rings. The minimum atomic E-state index is 0.321. The summed E-state index contributed by atoms with van der Waals surface area (Å²) in [7, 11) is 0. The number of hydrogen-bond donors (Lipinski definition) is 2. The van der Waals surface area contributed by atoms with Crippen molar-refractivity contribution < 1.29 is 9.84 Å². The van der Waals surface area contributed by atoms with Crippen LogP contribution in [0.3, 0.4) is 0 Å². The zero-order chi connectivity index (χ0) is 11.8. The highest BCUT2D eigenvalue weighted by atomic mass is 16.5. The number of aliphatic hydroxyl groups excluding tert-OH is 1. The van der Waals surface area contributed by atoms with Crippen LogP contribution in [0.2, 0.25) is 0 Å². The standard InChI is InChI=1S/C13H27NO2/c1-11(2)16-8-7-14-9-12-5-3-4-6-13(12)10-15/h11-15H,3-10H2,1-2H3. The molecule has 0 saturated heterocycles. The Bertz CT molecular complexity index is 173. The maximum Gasteiger partial charge on any atom is 0.0594 e. The second-order valence-electron chi connectivity index (χ2n) is 5.11. The first kappa shape index (κ1) is 13.9. The molecule has 0 radical (unpaired) electrons. The fraction of sp³-hybridized carbons (Fsp3) is 1.00. The van der Waals surface area contributed by atoms with E-state index < -0.39 is 0 Å². The average Bonchev–Trinajstić information content (AvgIpc) is 2.29. The Morgan fingerprint density at radius 2 is 1.94 bits per heavy atom. The van der Waals surface area contributed by atoms with Crippen molar-refractivity contribution in [2.45, 2.75) is 45.6 Å². The quantitative estimate of drug-likeness (QED) is 0.654. The van der Waals surface area contributed by atoms with Crippen LogP contribution in [-0.4, -0.2) is 37.5 Å². The van der Waals surface area contributed by atoms with Gasteiger partial charge in [0.25, 0.3) is 0 Å². The molecule has 1 rings (SSSR count). The van der Waals surface area contributed by atoms with Crippen molar-refractivity contribution in [3.63, 3.8) is 0 Å². The number of nitrogens with one attached hydrogen (secondary N) is 1. The third-order valence-electron chi connectivity index (χ3n) is 3.44. The van der Waals surface area contributed by atoms with Gasteiger partial charge in [-0.3, -0.25) is 0 Å². The van der Waals surface area contributed by atoms with Crippen molar-refractivity contribution in [1.82, 2.24) is 5.32 Å². The van der Waals surface area contributed by atoms with Crippen LogP contribution >= 0.6 is 0 Å². The summed E-state index contributed by atoms with van der Waals surface area (Å²) < 4.78 is 5.47. The van der Waals surface area contributed by atoms with Gasteiger partial charge < -0.3 is 15.2 Å². The first-order valence-corrected chi connectivity index (χ1v) is 6.67. The maximum atomic E-state index is 9.28. The molecule has 96 valence electrons. The molecule has 0 aromatic heterocycles. The van der Waals surface area contributed by atoms with Gasteiger partial charge >= 0.3 is 0 Å². The van der Waals surface area contributed by atoms with Crippen LogP contribution in [0.15, 0.2) is 0 Å². The lowest BCUT2D eigenvalue weighted by atomic mass is 9.80. The lowest BCUT2D eigenvalue weighted by Gasteiger charge is -2.30. The summed E-state index contributed by atoms with van der Waals surface area (Å²) in [6, 6.07) is 0. The van der Waals surface area contributed by atoms with Crippen LogP contribution in [0.25, 0.3) is 0 Å². The van der Waals surface area contributed by atoms with Crippen LogP contribution in [0.1, 0.15) is 39.5 Å². The van der Waals surface area contributed by atoms with Crippen molar-refractivity contribution in [2.24, 2.45) is 11.8 Å². The summed E-state index contributed by atoms with van der Waals surface area (Å²) in [4.78, 5) is 0. The molecule has 2 N–H and O–H groups in total. The number of rotatable bonds is 7. The highest BCUT2D eigenvalue weighted by Gasteiger charge is 2.23. The van der Waals surface area contributed by atoms with Crippen LogP contribution in [0.5, 0.6) is 0 Å². The van der Waals surface area contributed by atoms with Crippen molar-refractivity contribution in [3.8, 4) is 0 Å². The molecule has 3 nitrogen and oxygen atoms in total. The van der Waals surface area contributed by atoms with Gasteiger partial charge in [0, 0.05) is 13.2 Å². The topological polar surface area (TPSA) is 41.5 Å². The first-order chi connectivity index (χ1) is 7.74. The average molecular weight is 229 g/mol. The minimum Gasteiger partial charge on any atom is -0.396 e. The molecular formula is C13H27NO2. The maximum absolute atomic E-state index is 9.28. The van der Waals surface area contributed by atoms with Crippen LogP contribution in [0.4, 0.5) is 0 Å². The molecule has 3 heteroatoms. The smallest absolute Gasteiger partial charge is 0.0594 e. The van der Waals surface area contributed by atoms with Crippen LogP contribution < -0.4 is 5.32 Å². The number of hydrogen-bond acceptors (Lipinski definition) is 3. The molecule has 0 bridgehead atoms. The number of aliphatic hydroxyl groups is 1. The second kappa shape index (κ2) is 8.04. The molecular weight excluding hydrogens is 202 g/mol. The van der Waals surface area contributed by atoms with E-state index in [0.29, 0.717) is 24.5 Å². The first-order valence-electron chi connectivity index (χ1n) is 6.67. The summed E-state index contributed by atoms with van der Waals surface area (Å²) in [5, 5.41) is 12.7. The predicted molar refractivity (Wildman–Crippen MR) is 66.5 cm³/mol. The van der Waals surface area contributed by atoms with Crippen LogP contribution in [0, 0.1) is 11.8 Å². The largest absolute Gasteiger partial charge is 0.396 e. The Morgan fingerprint density at radius 3 is 2.56 bits per heavy atom. The lowest BCUT2D eigenvalue weighted by molar-refractivity contribution is 0.0778. The predicted octanol–water partition coefficient (Wildman–Crippen LogP) is 1.80. The van der Waals surface area contributed by atoms with Gasteiger partial charge in [-0.05, 0) is 45.1 Å². The lowest BCUT2D eigenvalue weighted by Crippen LogP contribution is -2.34. The van der Waals surface area contributed by atoms with E-state index in [1.165, 1.54) is 25.7 Å². The molecule has 16 heavy (non-hydrogen) atoms. The van der Waals surface area contributed by atoms with E-state index in [9.17, 15) is 5.11 Å². The minimum absolute atomic E-state index is 0.321. The molecule has 2 unspecified atom stereocenters. The van der Waals surface area contributed by atoms with Gasteiger partial charge in [0.1, 0.15) is 0 Å². The second-order valence-corrected chi connectivity index (χ2v) is 5.11. The monoisotopic (exact) mass is 229 g/mol. The fourth-order valence-electron chi connectivity index (χ4n) is 2.45. The Balaban J connectivity index is 2.06. The third kappa shape index (κ3) is 5.28.